The summed E-state index contributed by atoms with van der Waals surface area (Å²) < 4.78 is 25.8. The van der Waals surface area contributed by atoms with Gasteiger partial charge in [-0.3, -0.25) is 0 Å². The molecular weight excluding hydrogens is 268 g/mol. The average Bonchev–Trinajstić information content (AvgIpc) is 2.90. The fourth-order valence-electron chi connectivity index (χ4n) is 2.27. The number of thiazole rings is 1. The van der Waals surface area contributed by atoms with Gasteiger partial charge in [-0.1, -0.05) is 13.3 Å². The molecule has 0 unspecified atom stereocenters. The summed E-state index contributed by atoms with van der Waals surface area (Å²) in [7, 11) is -3.02. The van der Waals surface area contributed by atoms with Crippen molar-refractivity contribution >= 4 is 21.4 Å². The molecule has 1 aliphatic rings. The van der Waals surface area contributed by atoms with Crippen LogP contribution >= 0.6 is 11.3 Å². The van der Waals surface area contributed by atoms with Gasteiger partial charge in [0, 0.05) is 30.6 Å². The summed E-state index contributed by atoms with van der Waals surface area (Å²) in [5.74, 6) is 0.744. The smallest absolute Gasteiger partial charge is 0.214 e. The maximum atomic E-state index is 12.1. The van der Waals surface area contributed by atoms with Crippen molar-refractivity contribution in [2.45, 2.75) is 38.5 Å². The molecule has 1 aromatic heterocycles. The molecule has 1 aliphatic heterocycles. The number of unbranched alkanes of at least 4 members (excludes halogenated alkanes) is 1. The normalized spacial score (nSPS) is 19.2. The first-order chi connectivity index (χ1) is 8.63. The Morgan fingerprint density at radius 3 is 2.72 bits per heavy atom. The van der Waals surface area contributed by atoms with E-state index in [2.05, 4.69) is 4.98 Å². The van der Waals surface area contributed by atoms with E-state index in [-0.39, 0.29) is 0 Å². The van der Waals surface area contributed by atoms with E-state index in [1.165, 1.54) is 0 Å². The summed E-state index contributed by atoms with van der Waals surface area (Å²) in [5, 5.41) is 3.14. The van der Waals surface area contributed by atoms with E-state index in [4.69, 9.17) is 0 Å². The van der Waals surface area contributed by atoms with Crippen molar-refractivity contribution in [3.05, 3.63) is 16.6 Å². The molecule has 102 valence electrons. The molecule has 0 radical (unpaired) electrons. The predicted octanol–water partition coefficient (Wildman–Crippen LogP) is 2.45. The van der Waals surface area contributed by atoms with Gasteiger partial charge in [0.1, 0.15) is 0 Å². The molecule has 0 saturated carbocycles. The van der Waals surface area contributed by atoms with E-state index in [0.717, 1.165) is 30.7 Å². The van der Waals surface area contributed by atoms with Crippen LogP contribution in [0.3, 0.4) is 0 Å². The van der Waals surface area contributed by atoms with Crippen LogP contribution in [-0.2, 0) is 10.0 Å². The third-order valence-electron chi connectivity index (χ3n) is 3.40. The van der Waals surface area contributed by atoms with E-state index in [1.807, 2.05) is 18.5 Å². The van der Waals surface area contributed by atoms with Crippen LogP contribution in [0.4, 0.5) is 0 Å². The van der Waals surface area contributed by atoms with E-state index >= 15 is 0 Å². The lowest BCUT2D eigenvalue weighted by Gasteiger charge is -2.30. The summed E-state index contributed by atoms with van der Waals surface area (Å²) >= 11 is 1.67. The number of hydrogen-bond donors (Lipinski definition) is 0. The van der Waals surface area contributed by atoms with E-state index in [1.54, 1.807) is 15.6 Å². The molecule has 0 bridgehead atoms. The van der Waals surface area contributed by atoms with Crippen LogP contribution in [0.5, 0.6) is 0 Å². The quantitative estimate of drug-likeness (QED) is 0.836. The van der Waals surface area contributed by atoms with E-state index in [9.17, 15) is 8.42 Å². The summed E-state index contributed by atoms with van der Waals surface area (Å²) in [6, 6.07) is 0. The molecular formula is C12H20N2O2S2. The van der Waals surface area contributed by atoms with Gasteiger partial charge in [0.2, 0.25) is 10.0 Å². The fraction of sp³-hybridized carbons (Fsp3) is 0.750. The zero-order valence-electron chi connectivity index (χ0n) is 10.7. The highest BCUT2D eigenvalue weighted by Crippen LogP contribution is 2.30. The number of aromatic nitrogens is 1. The summed E-state index contributed by atoms with van der Waals surface area (Å²) in [6.07, 6.45) is 5.31. The van der Waals surface area contributed by atoms with Gasteiger partial charge in [-0.25, -0.2) is 17.7 Å². The zero-order chi connectivity index (χ0) is 13.0. The van der Waals surface area contributed by atoms with Gasteiger partial charge in [-0.2, -0.15) is 0 Å². The van der Waals surface area contributed by atoms with Crippen molar-refractivity contribution < 1.29 is 8.42 Å². The van der Waals surface area contributed by atoms with Gasteiger partial charge in [-0.05, 0) is 19.3 Å². The third-order valence-corrected chi connectivity index (χ3v) is 6.30. The summed E-state index contributed by atoms with van der Waals surface area (Å²) in [5.41, 5.74) is 0. The zero-order valence-corrected chi connectivity index (χ0v) is 12.3. The molecule has 0 spiro atoms. The Balaban J connectivity index is 1.90. The van der Waals surface area contributed by atoms with Crippen LogP contribution in [0.15, 0.2) is 11.6 Å². The SMILES string of the molecule is CCCCS(=O)(=O)N1CCC(c2nccs2)CC1. The molecule has 6 heteroatoms. The minimum Gasteiger partial charge on any atom is -0.249 e. The molecule has 1 fully saturated rings. The van der Waals surface area contributed by atoms with Crippen molar-refractivity contribution in [3.8, 4) is 0 Å². The van der Waals surface area contributed by atoms with Crippen molar-refractivity contribution in [1.29, 1.82) is 0 Å². The van der Waals surface area contributed by atoms with Crippen molar-refractivity contribution in [2.24, 2.45) is 0 Å². The van der Waals surface area contributed by atoms with Crippen LogP contribution in [0.1, 0.15) is 43.5 Å². The first-order valence-corrected chi connectivity index (χ1v) is 8.99. The molecule has 1 aromatic rings. The Hall–Kier alpha value is -0.460. The van der Waals surface area contributed by atoms with Crippen molar-refractivity contribution in [3.63, 3.8) is 0 Å². The minimum atomic E-state index is -3.02. The van der Waals surface area contributed by atoms with Crippen LogP contribution in [-0.4, -0.2) is 36.5 Å². The predicted molar refractivity (Wildman–Crippen MR) is 74.4 cm³/mol. The molecule has 18 heavy (non-hydrogen) atoms. The molecule has 2 rings (SSSR count). The number of hydrogen-bond acceptors (Lipinski definition) is 4. The first-order valence-electron chi connectivity index (χ1n) is 6.50. The van der Waals surface area contributed by atoms with Gasteiger partial charge in [0.05, 0.1) is 10.8 Å². The van der Waals surface area contributed by atoms with Gasteiger partial charge in [0.15, 0.2) is 0 Å². The molecule has 0 aromatic carbocycles. The molecule has 0 amide bonds. The number of sulfonamides is 1. The van der Waals surface area contributed by atoms with E-state index in [0.29, 0.717) is 24.8 Å². The molecule has 1 saturated heterocycles. The molecule has 2 heterocycles. The van der Waals surface area contributed by atoms with E-state index < -0.39 is 10.0 Å². The fourth-order valence-corrected chi connectivity index (χ4v) is 4.76. The second kappa shape index (κ2) is 6.12. The highest BCUT2D eigenvalue weighted by Gasteiger charge is 2.28. The summed E-state index contributed by atoms with van der Waals surface area (Å²) in [4.78, 5) is 4.33. The largest absolute Gasteiger partial charge is 0.249 e. The van der Waals surface area contributed by atoms with Crippen molar-refractivity contribution in [2.75, 3.05) is 18.8 Å². The van der Waals surface area contributed by atoms with Gasteiger partial charge in [-0.15, -0.1) is 11.3 Å². The Labute approximate surface area is 113 Å². The van der Waals surface area contributed by atoms with Crippen LogP contribution < -0.4 is 0 Å². The molecule has 0 N–H and O–H groups in total. The van der Waals surface area contributed by atoms with Gasteiger partial charge in [0.25, 0.3) is 0 Å². The maximum absolute atomic E-state index is 12.1. The number of piperidine rings is 1. The van der Waals surface area contributed by atoms with Crippen LogP contribution in [0.2, 0.25) is 0 Å². The lowest BCUT2D eigenvalue weighted by atomic mass is 9.99. The lowest BCUT2D eigenvalue weighted by molar-refractivity contribution is 0.319. The average molecular weight is 288 g/mol. The Morgan fingerprint density at radius 2 is 2.17 bits per heavy atom. The lowest BCUT2D eigenvalue weighted by Crippen LogP contribution is -2.39. The highest BCUT2D eigenvalue weighted by atomic mass is 32.2. The second-order valence-corrected chi connectivity index (χ2v) is 7.73. The van der Waals surface area contributed by atoms with Crippen LogP contribution in [0, 0.1) is 0 Å². The molecule has 0 atom stereocenters. The third kappa shape index (κ3) is 3.30. The number of rotatable bonds is 5. The first kappa shape index (κ1) is 14.0. The van der Waals surface area contributed by atoms with Crippen molar-refractivity contribution in [1.82, 2.24) is 9.29 Å². The second-order valence-electron chi connectivity index (χ2n) is 4.71. The Morgan fingerprint density at radius 1 is 1.44 bits per heavy atom. The number of nitrogens with zero attached hydrogens (tertiary/aromatic N) is 2. The summed E-state index contributed by atoms with van der Waals surface area (Å²) in [6.45, 7) is 3.32. The Kier molecular flexibility index (Phi) is 4.75. The standard InChI is InChI=1S/C12H20N2O2S2/c1-2-3-10-18(15,16)14-7-4-11(5-8-14)12-13-6-9-17-12/h6,9,11H,2-5,7-8,10H2,1H3. The molecule has 4 nitrogen and oxygen atoms in total. The van der Waals surface area contributed by atoms with Gasteiger partial charge >= 0.3 is 0 Å². The Bertz CT molecular complexity index is 448. The van der Waals surface area contributed by atoms with Gasteiger partial charge < -0.3 is 0 Å². The van der Waals surface area contributed by atoms with Crippen LogP contribution in [0.25, 0.3) is 0 Å². The monoisotopic (exact) mass is 288 g/mol. The highest BCUT2D eigenvalue weighted by molar-refractivity contribution is 7.89. The topological polar surface area (TPSA) is 50.3 Å². The molecule has 0 aliphatic carbocycles. The minimum absolute atomic E-state index is 0.297. The maximum Gasteiger partial charge on any atom is 0.214 e.